The van der Waals surface area contributed by atoms with Crippen LogP contribution in [0.2, 0.25) is 0 Å². The Morgan fingerprint density at radius 3 is 3.00 bits per heavy atom. The molecule has 62 valence electrons. The van der Waals surface area contributed by atoms with Crippen LogP contribution in [0.15, 0.2) is 6.33 Å². The van der Waals surface area contributed by atoms with Gasteiger partial charge in [0.05, 0.1) is 6.54 Å². The summed E-state index contributed by atoms with van der Waals surface area (Å²) in [4.78, 5) is 3.98. The van der Waals surface area contributed by atoms with E-state index in [0.29, 0.717) is 6.54 Å². The number of hydrogen-bond donors (Lipinski definition) is 1. The Labute approximate surface area is 65.2 Å². The van der Waals surface area contributed by atoms with Gasteiger partial charge in [-0.15, -0.1) is 0 Å². The highest BCUT2D eigenvalue weighted by atomic mass is 16.5. The number of rotatable bonds is 3. The first-order valence-electron chi connectivity index (χ1n) is 3.50. The fourth-order valence-corrected chi connectivity index (χ4v) is 0.879. The van der Waals surface area contributed by atoms with Gasteiger partial charge in [-0.2, -0.15) is 10.2 Å². The van der Waals surface area contributed by atoms with Gasteiger partial charge in [-0.25, -0.2) is 9.67 Å². The molecule has 0 atom stereocenters. The van der Waals surface area contributed by atoms with Crippen molar-refractivity contribution in [2.45, 2.75) is 20.0 Å². The first-order valence-corrected chi connectivity index (χ1v) is 3.50. The Bertz CT molecular complexity index is 220. The van der Waals surface area contributed by atoms with Gasteiger partial charge in [0, 0.05) is 13.6 Å². The van der Waals surface area contributed by atoms with E-state index in [0.717, 1.165) is 17.4 Å². The standard InChI is InChI=1S/C6H12N4O/c1-3-10-6(4-9(2)11)7-5-8-10/h5,11H,3-4H2,1-2H3. The number of aromatic nitrogens is 3. The van der Waals surface area contributed by atoms with E-state index in [4.69, 9.17) is 5.21 Å². The van der Waals surface area contributed by atoms with Crippen LogP contribution in [0, 0.1) is 0 Å². The highest BCUT2D eigenvalue weighted by Gasteiger charge is 2.03. The van der Waals surface area contributed by atoms with Crippen LogP contribution in [0.4, 0.5) is 0 Å². The summed E-state index contributed by atoms with van der Waals surface area (Å²) in [5.74, 6) is 0.775. The fourth-order valence-electron chi connectivity index (χ4n) is 0.879. The molecule has 1 aromatic heterocycles. The minimum atomic E-state index is 0.411. The molecule has 11 heavy (non-hydrogen) atoms. The van der Waals surface area contributed by atoms with Crippen molar-refractivity contribution in [3.63, 3.8) is 0 Å². The summed E-state index contributed by atoms with van der Waals surface area (Å²) in [6, 6.07) is 0. The van der Waals surface area contributed by atoms with Crippen molar-refractivity contribution in [2.24, 2.45) is 0 Å². The third kappa shape index (κ3) is 1.99. The maximum absolute atomic E-state index is 8.90. The normalized spacial score (nSPS) is 10.9. The van der Waals surface area contributed by atoms with E-state index in [1.165, 1.54) is 6.33 Å². The van der Waals surface area contributed by atoms with E-state index in [2.05, 4.69) is 10.1 Å². The molecule has 0 aliphatic rings. The largest absolute Gasteiger partial charge is 0.314 e. The second-order valence-corrected chi connectivity index (χ2v) is 2.31. The van der Waals surface area contributed by atoms with Crippen molar-refractivity contribution in [1.82, 2.24) is 19.8 Å². The number of hydrogen-bond acceptors (Lipinski definition) is 4. The average Bonchev–Trinajstić information content (AvgIpc) is 2.34. The summed E-state index contributed by atoms with van der Waals surface area (Å²) in [7, 11) is 1.58. The Morgan fingerprint density at radius 2 is 2.45 bits per heavy atom. The van der Waals surface area contributed by atoms with Crippen molar-refractivity contribution in [2.75, 3.05) is 7.05 Å². The van der Waals surface area contributed by atoms with Gasteiger partial charge in [0.1, 0.15) is 12.2 Å². The molecule has 0 aliphatic heterocycles. The van der Waals surface area contributed by atoms with Crippen LogP contribution in [0.1, 0.15) is 12.7 Å². The third-order valence-corrected chi connectivity index (χ3v) is 1.37. The number of aryl methyl sites for hydroxylation is 1. The number of nitrogens with zero attached hydrogens (tertiary/aromatic N) is 4. The van der Waals surface area contributed by atoms with Crippen LogP contribution < -0.4 is 0 Å². The van der Waals surface area contributed by atoms with Crippen molar-refractivity contribution in [1.29, 1.82) is 0 Å². The SMILES string of the molecule is CCn1ncnc1CN(C)O. The van der Waals surface area contributed by atoms with Gasteiger partial charge < -0.3 is 5.21 Å². The molecule has 0 saturated heterocycles. The highest BCUT2D eigenvalue weighted by molar-refractivity contribution is 4.82. The Balaban J connectivity index is 2.68. The van der Waals surface area contributed by atoms with Gasteiger partial charge in [-0.05, 0) is 6.92 Å². The van der Waals surface area contributed by atoms with Gasteiger partial charge in [0.2, 0.25) is 0 Å². The molecule has 0 fully saturated rings. The van der Waals surface area contributed by atoms with E-state index in [9.17, 15) is 0 Å². The molecule has 1 heterocycles. The maximum Gasteiger partial charge on any atom is 0.143 e. The predicted molar refractivity (Wildman–Crippen MR) is 38.9 cm³/mol. The lowest BCUT2D eigenvalue weighted by Gasteiger charge is -2.07. The Morgan fingerprint density at radius 1 is 1.73 bits per heavy atom. The van der Waals surface area contributed by atoms with Crippen LogP contribution in [0.3, 0.4) is 0 Å². The summed E-state index contributed by atoms with van der Waals surface area (Å²) >= 11 is 0. The minimum Gasteiger partial charge on any atom is -0.314 e. The monoisotopic (exact) mass is 156 g/mol. The molecule has 1 N–H and O–H groups in total. The predicted octanol–water partition coefficient (Wildman–Crippen LogP) is 0.119. The van der Waals surface area contributed by atoms with Crippen LogP contribution in [0.5, 0.6) is 0 Å². The topological polar surface area (TPSA) is 54.2 Å². The molecule has 0 amide bonds. The molecular formula is C6H12N4O. The van der Waals surface area contributed by atoms with Gasteiger partial charge in [-0.3, -0.25) is 0 Å². The molecule has 1 aromatic rings. The Hall–Kier alpha value is -0.940. The van der Waals surface area contributed by atoms with Crippen molar-refractivity contribution < 1.29 is 5.21 Å². The summed E-state index contributed by atoms with van der Waals surface area (Å²) in [6.07, 6.45) is 1.49. The molecule has 0 aromatic carbocycles. The van der Waals surface area contributed by atoms with Crippen LogP contribution in [-0.2, 0) is 13.1 Å². The van der Waals surface area contributed by atoms with Gasteiger partial charge in [-0.1, -0.05) is 0 Å². The second kappa shape index (κ2) is 3.45. The molecule has 0 unspecified atom stereocenters. The summed E-state index contributed by atoms with van der Waals surface area (Å²) in [5.41, 5.74) is 0. The minimum absolute atomic E-state index is 0.411. The first-order chi connectivity index (χ1) is 5.24. The number of hydroxylamine groups is 2. The fraction of sp³-hybridized carbons (Fsp3) is 0.667. The van der Waals surface area contributed by atoms with E-state index >= 15 is 0 Å². The zero-order valence-corrected chi connectivity index (χ0v) is 6.73. The van der Waals surface area contributed by atoms with E-state index in [1.807, 2.05) is 6.92 Å². The molecular weight excluding hydrogens is 144 g/mol. The zero-order chi connectivity index (χ0) is 8.27. The van der Waals surface area contributed by atoms with Crippen molar-refractivity contribution in [3.05, 3.63) is 12.2 Å². The summed E-state index contributed by atoms with van der Waals surface area (Å²) in [5, 5.41) is 13.9. The second-order valence-electron chi connectivity index (χ2n) is 2.31. The lowest BCUT2D eigenvalue weighted by molar-refractivity contribution is -0.0758. The van der Waals surface area contributed by atoms with Crippen molar-refractivity contribution in [3.8, 4) is 0 Å². The third-order valence-electron chi connectivity index (χ3n) is 1.37. The van der Waals surface area contributed by atoms with Crippen LogP contribution in [0.25, 0.3) is 0 Å². The smallest absolute Gasteiger partial charge is 0.143 e. The van der Waals surface area contributed by atoms with Gasteiger partial charge in [0.25, 0.3) is 0 Å². The molecule has 1 rings (SSSR count). The van der Waals surface area contributed by atoms with E-state index < -0.39 is 0 Å². The van der Waals surface area contributed by atoms with Crippen molar-refractivity contribution >= 4 is 0 Å². The van der Waals surface area contributed by atoms with Crippen LogP contribution in [-0.4, -0.2) is 32.1 Å². The quantitative estimate of drug-likeness (QED) is 0.631. The molecule has 0 radical (unpaired) electrons. The van der Waals surface area contributed by atoms with Gasteiger partial charge >= 0.3 is 0 Å². The summed E-state index contributed by atoms with van der Waals surface area (Å²) in [6.45, 7) is 3.17. The molecule has 0 saturated carbocycles. The molecule has 5 nitrogen and oxygen atoms in total. The van der Waals surface area contributed by atoms with Crippen LogP contribution >= 0.6 is 0 Å². The lowest BCUT2D eigenvalue weighted by Crippen LogP contribution is -2.16. The molecule has 5 heteroatoms. The van der Waals surface area contributed by atoms with Gasteiger partial charge in [0.15, 0.2) is 0 Å². The highest BCUT2D eigenvalue weighted by Crippen LogP contribution is 1.95. The Kier molecular flexibility index (Phi) is 2.56. The average molecular weight is 156 g/mol. The van der Waals surface area contributed by atoms with E-state index in [1.54, 1.807) is 11.7 Å². The molecule has 0 aliphatic carbocycles. The molecule has 0 bridgehead atoms. The lowest BCUT2D eigenvalue weighted by atomic mass is 10.5. The van der Waals surface area contributed by atoms with E-state index in [-0.39, 0.29) is 0 Å². The zero-order valence-electron chi connectivity index (χ0n) is 6.73. The molecule has 0 spiro atoms. The maximum atomic E-state index is 8.90. The first kappa shape index (κ1) is 8.16. The summed E-state index contributed by atoms with van der Waals surface area (Å²) < 4.78 is 1.74.